The van der Waals surface area contributed by atoms with Crippen LogP contribution in [0.15, 0.2) is 12.8 Å². The highest BCUT2D eigenvalue weighted by molar-refractivity contribution is 6.33. The van der Waals surface area contributed by atoms with E-state index in [1.807, 2.05) is 0 Å². The third-order valence-corrected chi connectivity index (χ3v) is 1.71. The average molecular weight is 132 g/mol. The van der Waals surface area contributed by atoms with Crippen LogP contribution in [0.2, 0.25) is 12.6 Å². The molecular formula is C5H12O2Si. The summed E-state index contributed by atoms with van der Waals surface area (Å²) in [4.78, 5) is 9.06. The van der Waals surface area contributed by atoms with Gasteiger partial charge in [0, 0.05) is 9.52 Å². The first kappa shape index (κ1) is 7.72. The van der Waals surface area contributed by atoms with Crippen LogP contribution in [-0.4, -0.2) is 16.1 Å². The minimum Gasteiger partial charge on any atom is -0.346 e. The third kappa shape index (κ3) is 5.72. The van der Waals surface area contributed by atoms with E-state index >= 15 is 0 Å². The Labute approximate surface area is 52.2 Å². The summed E-state index contributed by atoms with van der Waals surface area (Å²) in [6.45, 7) is 6.27. The topological polar surface area (TPSA) is 18.5 Å². The van der Waals surface area contributed by atoms with Gasteiger partial charge in [0.05, 0.1) is 6.61 Å². The summed E-state index contributed by atoms with van der Waals surface area (Å²) in [5.41, 5.74) is 0. The normalized spacial score (nSPS) is 10.1. The average Bonchev–Trinajstić information content (AvgIpc) is 1.81. The van der Waals surface area contributed by atoms with E-state index < -0.39 is 0 Å². The second-order valence-electron chi connectivity index (χ2n) is 1.44. The molecule has 0 aliphatic heterocycles. The van der Waals surface area contributed by atoms with Crippen molar-refractivity contribution in [3.63, 3.8) is 0 Å². The molecule has 0 amide bonds. The molecule has 0 aliphatic rings. The highest BCUT2D eigenvalue weighted by Crippen LogP contribution is 1.82. The molecule has 0 aliphatic carbocycles. The van der Waals surface area contributed by atoms with Crippen molar-refractivity contribution in [3.05, 3.63) is 12.8 Å². The van der Waals surface area contributed by atoms with Gasteiger partial charge in [0.2, 0.25) is 0 Å². The summed E-state index contributed by atoms with van der Waals surface area (Å²) in [6, 6.07) is 1.17. The lowest BCUT2D eigenvalue weighted by atomic mass is 10.9. The molecule has 0 radical (unpaired) electrons. The van der Waals surface area contributed by atoms with E-state index in [2.05, 4.69) is 22.9 Å². The van der Waals surface area contributed by atoms with Gasteiger partial charge < -0.3 is 4.89 Å². The van der Waals surface area contributed by atoms with E-state index in [0.717, 1.165) is 6.61 Å². The fourth-order valence-electron chi connectivity index (χ4n) is 0.299. The molecule has 0 bridgehead atoms. The summed E-state index contributed by atoms with van der Waals surface area (Å²) >= 11 is 0. The van der Waals surface area contributed by atoms with Crippen molar-refractivity contribution in [2.75, 3.05) is 6.61 Å². The van der Waals surface area contributed by atoms with Gasteiger partial charge in [-0.3, -0.25) is 0 Å². The van der Waals surface area contributed by atoms with E-state index in [9.17, 15) is 0 Å². The summed E-state index contributed by atoms with van der Waals surface area (Å²) in [7, 11) is 0.147. The van der Waals surface area contributed by atoms with Crippen molar-refractivity contribution in [3.8, 4) is 0 Å². The standard InChI is InChI=1S/C5H12O2Si/c1-3-6-7-4-5-8-2/h3H,1,4-5,8H2,2H3. The second-order valence-corrected chi connectivity index (χ2v) is 3.15. The quantitative estimate of drug-likeness (QED) is 0.180. The van der Waals surface area contributed by atoms with Gasteiger partial charge >= 0.3 is 0 Å². The minimum atomic E-state index is 0.147. The van der Waals surface area contributed by atoms with Crippen molar-refractivity contribution >= 4 is 9.52 Å². The molecule has 0 spiro atoms. The van der Waals surface area contributed by atoms with Crippen molar-refractivity contribution in [2.24, 2.45) is 0 Å². The zero-order valence-corrected chi connectivity index (χ0v) is 6.64. The molecule has 0 heterocycles. The Morgan fingerprint density at radius 3 is 3.00 bits per heavy atom. The van der Waals surface area contributed by atoms with Crippen molar-refractivity contribution in [1.29, 1.82) is 0 Å². The number of rotatable bonds is 5. The van der Waals surface area contributed by atoms with Crippen molar-refractivity contribution in [1.82, 2.24) is 0 Å². The first-order chi connectivity index (χ1) is 3.91. The molecule has 0 aromatic heterocycles. The van der Waals surface area contributed by atoms with Crippen LogP contribution in [-0.2, 0) is 9.78 Å². The zero-order valence-electron chi connectivity index (χ0n) is 5.22. The van der Waals surface area contributed by atoms with Gasteiger partial charge in [-0.2, -0.15) is 4.89 Å². The molecule has 2 nitrogen and oxygen atoms in total. The Morgan fingerprint density at radius 2 is 2.50 bits per heavy atom. The molecular weight excluding hydrogens is 120 g/mol. The van der Waals surface area contributed by atoms with E-state index in [0.29, 0.717) is 0 Å². The lowest BCUT2D eigenvalue weighted by Gasteiger charge is -1.95. The van der Waals surface area contributed by atoms with Crippen LogP contribution in [0.5, 0.6) is 0 Å². The highest BCUT2D eigenvalue weighted by Gasteiger charge is 1.81. The maximum atomic E-state index is 4.64. The van der Waals surface area contributed by atoms with Crippen LogP contribution in [0.3, 0.4) is 0 Å². The van der Waals surface area contributed by atoms with Crippen LogP contribution in [0.4, 0.5) is 0 Å². The van der Waals surface area contributed by atoms with Gasteiger partial charge in [-0.05, 0) is 6.04 Å². The second kappa shape index (κ2) is 6.72. The molecule has 0 aromatic rings. The van der Waals surface area contributed by atoms with Crippen LogP contribution in [0, 0.1) is 0 Å². The molecule has 48 valence electrons. The third-order valence-electron chi connectivity index (χ3n) is 0.717. The molecule has 0 saturated carbocycles. The first-order valence-electron chi connectivity index (χ1n) is 2.81. The molecule has 3 heteroatoms. The molecule has 0 unspecified atom stereocenters. The summed E-state index contributed by atoms with van der Waals surface area (Å²) in [6.07, 6.45) is 1.29. The van der Waals surface area contributed by atoms with Crippen LogP contribution >= 0.6 is 0 Å². The Balaban J connectivity index is 2.62. The van der Waals surface area contributed by atoms with Gasteiger partial charge in [-0.25, -0.2) is 0 Å². The smallest absolute Gasteiger partial charge is 0.122 e. The SMILES string of the molecule is C=COOCC[SiH2]C. The molecule has 0 aromatic carbocycles. The van der Waals surface area contributed by atoms with Crippen molar-refractivity contribution < 1.29 is 9.78 Å². The monoisotopic (exact) mass is 132 g/mol. The molecule has 0 fully saturated rings. The molecule has 0 saturated heterocycles. The molecule has 0 rings (SSSR count). The predicted octanol–water partition coefficient (Wildman–Crippen LogP) is 0.713. The summed E-state index contributed by atoms with van der Waals surface area (Å²) in [5, 5.41) is 0. The van der Waals surface area contributed by atoms with Crippen LogP contribution < -0.4 is 0 Å². The Morgan fingerprint density at radius 1 is 1.75 bits per heavy atom. The molecule has 0 atom stereocenters. The Kier molecular flexibility index (Phi) is 6.48. The number of hydrogen-bond acceptors (Lipinski definition) is 2. The molecule has 0 N–H and O–H groups in total. The van der Waals surface area contributed by atoms with Gasteiger partial charge in [-0.1, -0.05) is 13.1 Å². The van der Waals surface area contributed by atoms with Crippen LogP contribution in [0.25, 0.3) is 0 Å². The summed E-state index contributed by atoms with van der Waals surface area (Å²) < 4.78 is 0. The number of hydrogen-bond donors (Lipinski definition) is 0. The highest BCUT2D eigenvalue weighted by atomic mass is 28.2. The fourth-order valence-corrected chi connectivity index (χ4v) is 0.706. The fraction of sp³-hybridized carbons (Fsp3) is 0.600. The van der Waals surface area contributed by atoms with Crippen LogP contribution in [0.1, 0.15) is 0 Å². The lowest BCUT2D eigenvalue weighted by Crippen LogP contribution is -1.93. The zero-order chi connectivity index (χ0) is 6.24. The largest absolute Gasteiger partial charge is 0.346 e. The van der Waals surface area contributed by atoms with Gasteiger partial charge in [0.25, 0.3) is 0 Å². The van der Waals surface area contributed by atoms with E-state index in [1.165, 1.54) is 12.3 Å². The predicted molar refractivity (Wildman–Crippen MR) is 36.4 cm³/mol. The van der Waals surface area contributed by atoms with E-state index in [1.54, 1.807) is 0 Å². The Bertz CT molecular complexity index is 56.4. The van der Waals surface area contributed by atoms with Crippen molar-refractivity contribution in [2.45, 2.75) is 12.6 Å². The summed E-state index contributed by atoms with van der Waals surface area (Å²) in [5.74, 6) is 0. The van der Waals surface area contributed by atoms with Gasteiger partial charge in [0.1, 0.15) is 6.26 Å². The van der Waals surface area contributed by atoms with Gasteiger partial charge in [-0.15, -0.1) is 0 Å². The van der Waals surface area contributed by atoms with E-state index in [-0.39, 0.29) is 9.52 Å². The minimum absolute atomic E-state index is 0.147. The maximum absolute atomic E-state index is 4.64. The Hall–Kier alpha value is -0.283. The maximum Gasteiger partial charge on any atom is 0.122 e. The first-order valence-corrected chi connectivity index (χ1v) is 5.22. The van der Waals surface area contributed by atoms with E-state index in [4.69, 9.17) is 0 Å². The van der Waals surface area contributed by atoms with Gasteiger partial charge in [0.15, 0.2) is 0 Å². The molecule has 8 heavy (non-hydrogen) atoms. The lowest BCUT2D eigenvalue weighted by molar-refractivity contribution is -0.244.